The van der Waals surface area contributed by atoms with Gasteiger partial charge >= 0.3 is 6.36 Å². The third-order valence-electron chi connectivity index (χ3n) is 2.13. The van der Waals surface area contributed by atoms with Gasteiger partial charge in [0.2, 0.25) is 0 Å². The number of fused-ring (bicyclic) bond motifs is 1. The van der Waals surface area contributed by atoms with Crippen LogP contribution >= 0.6 is 11.8 Å². The highest BCUT2D eigenvalue weighted by atomic mass is 32.2. The molecular weight excluding hydrogens is 239 g/mol. The average molecular weight is 249 g/mol. The number of rotatable bonds is 1. The van der Waals surface area contributed by atoms with Crippen LogP contribution in [0.25, 0.3) is 0 Å². The van der Waals surface area contributed by atoms with Crippen LogP contribution in [-0.2, 0) is 5.75 Å². The Kier molecular flexibility index (Phi) is 3.18. The summed E-state index contributed by atoms with van der Waals surface area (Å²) in [6.45, 7) is 0.830. The zero-order valence-electron chi connectivity index (χ0n) is 8.30. The molecule has 0 atom stereocenters. The van der Waals surface area contributed by atoms with Crippen LogP contribution in [0.3, 0.4) is 0 Å². The first-order chi connectivity index (χ1) is 7.54. The zero-order valence-corrected chi connectivity index (χ0v) is 9.12. The fourth-order valence-electron chi connectivity index (χ4n) is 1.50. The fraction of sp³-hybridized carbons (Fsp3) is 0.400. The summed E-state index contributed by atoms with van der Waals surface area (Å²) in [4.78, 5) is 0. The second-order valence-corrected chi connectivity index (χ2v) is 4.45. The van der Waals surface area contributed by atoms with Crippen molar-refractivity contribution in [2.45, 2.75) is 12.1 Å². The van der Waals surface area contributed by atoms with Gasteiger partial charge in [-0.2, -0.15) is 11.8 Å². The highest BCUT2D eigenvalue weighted by molar-refractivity contribution is 7.98. The summed E-state index contributed by atoms with van der Waals surface area (Å²) in [6.07, 6.45) is -4.63. The van der Waals surface area contributed by atoms with Gasteiger partial charge in [0.1, 0.15) is 5.75 Å². The van der Waals surface area contributed by atoms with E-state index in [1.54, 1.807) is 17.8 Å². The lowest BCUT2D eigenvalue weighted by Crippen LogP contribution is -2.17. The topological polar surface area (TPSA) is 21.3 Å². The Morgan fingerprint density at radius 3 is 2.88 bits per heavy atom. The molecule has 0 saturated heterocycles. The van der Waals surface area contributed by atoms with Gasteiger partial charge in [-0.15, -0.1) is 13.2 Å². The molecule has 0 radical (unpaired) electrons. The summed E-state index contributed by atoms with van der Waals surface area (Å²) in [5.41, 5.74) is 1.74. The Balaban J connectivity index is 2.21. The smallest absolute Gasteiger partial charge is 0.406 e. The minimum absolute atomic E-state index is 0.157. The van der Waals surface area contributed by atoms with Crippen molar-refractivity contribution >= 4 is 17.4 Å². The maximum atomic E-state index is 12.0. The largest absolute Gasteiger partial charge is 0.573 e. The van der Waals surface area contributed by atoms with Crippen LogP contribution in [0.4, 0.5) is 18.9 Å². The molecule has 1 N–H and O–H groups in total. The molecule has 1 aromatic carbocycles. The van der Waals surface area contributed by atoms with E-state index in [9.17, 15) is 13.2 Å². The molecule has 2 nitrogen and oxygen atoms in total. The summed E-state index contributed by atoms with van der Waals surface area (Å²) in [5.74, 6) is 1.50. The van der Waals surface area contributed by atoms with Crippen LogP contribution in [-0.4, -0.2) is 18.7 Å². The van der Waals surface area contributed by atoms with E-state index in [-0.39, 0.29) is 5.75 Å². The van der Waals surface area contributed by atoms with Crippen LogP contribution in [0.15, 0.2) is 18.2 Å². The second-order valence-electron chi connectivity index (χ2n) is 3.35. The fourth-order valence-corrected chi connectivity index (χ4v) is 2.35. The normalized spacial score (nSPS) is 15.9. The lowest BCUT2D eigenvalue weighted by Gasteiger charge is -2.12. The Morgan fingerprint density at radius 2 is 2.12 bits per heavy atom. The molecule has 0 aliphatic carbocycles. The van der Waals surface area contributed by atoms with E-state index in [4.69, 9.17) is 0 Å². The van der Waals surface area contributed by atoms with E-state index in [1.807, 2.05) is 0 Å². The van der Waals surface area contributed by atoms with Crippen molar-refractivity contribution in [3.05, 3.63) is 23.8 Å². The van der Waals surface area contributed by atoms with Crippen molar-refractivity contribution in [1.82, 2.24) is 0 Å². The molecule has 6 heteroatoms. The predicted molar refractivity (Wildman–Crippen MR) is 57.8 cm³/mol. The van der Waals surface area contributed by atoms with Gasteiger partial charge in [-0.25, -0.2) is 0 Å². The molecule has 0 aromatic heterocycles. The highest BCUT2D eigenvalue weighted by Crippen LogP contribution is 2.30. The van der Waals surface area contributed by atoms with Crippen LogP contribution in [0.1, 0.15) is 5.56 Å². The van der Waals surface area contributed by atoms with E-state index >= 15 is 0 Å². The number of anilines is 1. The van der Waals surface area contributed by atoms with E-state index in [2.05, 4.69) is 10.1 Å². The predicted octanol–water partition coefficient (Wildman–Crippen LogP) is 3.24. The number of alkyl halides is 3. The quantitative estimate of drug-likeness (QED) is 0.825. The van der Waals surface area contributed by atoms with Crippen LogP contribution in [0.2, 0.25) is 0 Å². The van der Waals surface area contributed by atoms with Crippen molar-refractivity contribution in [2.75, 3.05) is 17.6 Å². The van der Waals surface area contributed by atoms with Crippen molar-refractivity contribution < 1.29 is 17.9 Å². The van der Waals surface area contributed by atoms with Crippen LogP contribution in [0, 0.1) is 0 Å². The Labute approximate surface area is 95.2 Å². The summed E-state index contributed by atoms with van der Waals surface area (Å²) in [7, 11) is 0. The highest BCUT2D eigenvalue weighted by Gasteiger charge is 2.31. The van der Waals surface area contributed by atoms with Gasteiger partial charge in [0.25, 0.3) is 0 Å². The van der Waals surface area contributed by atoms with Crippen LogP contribution in [0.5, 0.6) is 5.75 Å². The van der Waals surface area contributed by atoms with Crippen molar-refractivity contribution in [1.29, 1.82) is 0 Å². The molecule has 0 bridgehead atoms. The molecule has 0 spiro atoms. The lowest BCUT2D eigenvalue weighted by atomic mass is 10.2. The van der Waals surface area contributed by atoms with Gasteiger partial charge in [-0.3, -0.25) is 0 Å². The van der Waals surface area contributed by atoms with Gasteiger partial charge in [-0.1, -0.05) is 0 Å². The van der Waals surface area contributed by atoms with Gasteiger partial charge < -0.3 is 10.1 Å². The number of thioether (sulfide) groups is 1. The summed E-state index contributed by atoms with van der Waals surface area (Å²) in [5, 5.41) is 3.16. The Morgan fingerprint density at radius 1 is 1.31 bits per heavy atom. The molecule has 0 saturated carbocycles. The SMILES string of the molecule is FC(F)(F)Oc1ccc2c(c1)CSCCN2. The van der Waals surface area contributed by atoms with Gasteiger partial charge in [-0.05, 0) is 23.8 Å². The second kappa shape index (κ2) is 4.45. The van der Waals surface area contributed by atoms with E-state index in [0.717, 1.165) is 23.5 Å². The number of hydrogen-bond acceptors (Lipinski definition) is 3. The third-order valence-corrected chi connectivity index (χ3v) is 3.14. The van der Waals surface area contributed by atoms with Gasteiger partial charge in [0, 0.05) is 23.7 Å². The molecule has 88 valence electrons. The molecule has 0 fully saturated rings. The standard InChI is InChI=1S/C10H10F3NOS/c11-10(12,13)15-8-1-2-9-7(5-8)6-16-4-3-14-9/h1-2,5,14H,3-4,6H2. The molecule has 0 amide bonds. The number of ether oxygens (including phenoxy) is 1. The van der Waals surface area contributed by atoms with E-state index in [1.165, 1.54) is 12.1 Å². The summed E-state index contributed by atoms with van der Waals surface area (Å²) < 4.78 is 39.9. The van der Waals surface area contributed by atoms with Crippen LogP contribution < -0.4 is 10.1 Å². The molecule has 1 aliphatic heterocycles. The molecular formula is C10H10F3NOS. The molecule has 1 aliphatic rings. The van der Waals surface area contributed by atoms with E-state index < -0.39 is 6.36 Å². The first kappa shape index (κ1) is 11.4. The molecule has 2 rings (SSSR count). The monoisotopic (exact) mass is 249 g/mol. The number of nitrogens with one attached hydrogen (secondary N) is 1. The maximum absolute atomic E-state index is 12.0. The summed E-state index contributed by atoms with van der Waals surface area (Å²) >= 11 is 1.69. The van der Waals surface area contributed by atoms with Gasteiger partial charge in [0.15, 0.2) is 0 Å². The maximum Gasteiger partial charge on any atom is 0.573 e. The zero-order chi connectivity index (χ0) is 11.6. The first-order valence-corrected chi connectivity index (χ1v) is 5.90. The first-order valence-electron chi connectivity index (χ1n) is 4.75. The minimum Gasteiger partial charge on any atom is -0.406 e. The Hall–Kier alpha value is -1.04. The lowest BCUT2D eigenvalue weighted by molar-refractivity contribution is -0.274. The average Bonchev–Trinajstić information content (AvgIpc) is 2.39. The minimum atomic E-state index is -4.63. The molecule has 16 heavy (non-hydrogen) atoms. The number of hydrogen-bond donors (Lipinski definition) is 1. The summed E-state index contributed by atoms with van der Waals surface area (Å²) in [6, 6.07) is 4.39. The molecule has 0 unspecified atom stereocenters. The van der Waals surface area contributed by atoms with E-state index in [0.29, 0.717) is 5.75 Å². The van der Waals surface area contributed by atoms with Crippen molar-refractivity contribution in [3.8, 4) is 5.75 Å². The van der Waals surface area contributed by atoms with Gasteiger partial charge in [0.05, 0.1) is 0 Å². The van der Waals surface area contributed by atoms with Crippen molar-refractivity contribution in [2.24, 2.45) is 0 Å². The molecule has 1 aromatic rings. The molecule has 1 heterocycles. The van der Waals surface area contributed by atoms with Crippen molar-refractivity contribution in [3.63, 3.8) is 0 Å². The number of benzene rings is 1. The number of halogens is 3. The Bertz CT molecular complexity index is 381. The third kappa shape index (κ3) is 2.98.